The van der Waals surface area contributed by atoms with E-state index in [0.29, 0.717) is 17.5 Å². The molecule has 0 unspecified atom stereocenters. The Bertz CT molecular complexity index is 963. The Labute approximate surface area is 176 Å². The van der Waals surface area contributed by atoms with Gasteiger partial charge in [0.2, 0.25) is 5.89 Å². The number of carbonyl (C=O) groups is 1. The molecule has 2 aromatic carbocycles. The largest absolute Gasteiger partial charge is 0.405 e. The summed E-state index contributed by atoms with van der Waals surface area (Å²) in [6.45, 7) is 1.84. The molecule has 1 atom stereocenters. The van der Waals surface area contributed by atoms with Crippen LogP contribution < -0.4 is 15.1 Å². The van der Waals surface area contributed by atoms with Crippen LogP contribution in [0, 0.1) is 0 Å². The van der Waals surface area contributed by atoms with Crippen molar-refractivity contribution < 1.29 is 9.21 Å². The van der Waals surface area contributed by atoms with Gasteiger partial charge in [-0.2, -0.15) is 0 Å². The third-order valence-electron chi connectivity index (χ3n) is 5.36. The Hall–Kier alpha value is -3.35. The monoisotopic (exact) mass is 405 g/mol. The third-order valence-corrected chi connectivity index (χ3v) is 5.36. The second kappa shape index (κ2) is 8.98. The lowest BCUT2D eigenvalue weighted by Crippen LogP contribution is -2.30. The topological polar surface area (TPSA) is 74.5 Å². The summed E-state index contributed by atoms with van der Waals surface area (Å²) in [5.41, 5.74) is 2.51. The molecule has 2 heterocycles. The van der Waals surface area contributed by atoms with E-state index in [-0.39, 0.29) is 5.91 Å². The molecule has 0 radical (unpaired) electrons. The summed E-state index contributed by atoms with van der Waals surface area (Å²) in [7, 11) is 3.94. The van der Waals surface area contributed by atoms with Gasteiger partial charge >= 0.3 is 6.01 Å². The van der Waals surface area contributed by atoms with Crippen LogP contribution in [0.15, 0.2) is 59.0 Å². The Morgan fingerprint density at radius 2 is 1.70 bits per heavy atom. The number of hydrogen-bond acceptors (Lipinski definition) is 6. The average Bonchev–Trinajstić information content (AvgIpc) is 3.28. The number of hydrogen-bond donors (Lipinski definition) is 1. The Kier molecular flexibility index (Phi) is 5.97. The minimum Gasteiger partial charge on any atom is -0.405 e. The Morgan fingerprint density at radius 3 is 2.37 bits per heavy atom. The van der Waals surface area contributed by atoms with Crippen LogP contribution in [0.3, 0.4) is 0 Å². The third kappa shape index (κ3) is 4.45. The van der Waals surface area contributed by atoms with E-state index in [1.165, 1.54) is 6.42 Å². The van der Waals surface area contributed by atoms with Gasteiger partial charge in [-0.15, -0.1) is 5.10 Å². The number of piperidine rings is 1. The van der Waals surface area contributed by atoms with Crippen molar-refractivity contribution in [3.8, 4) is 0 Å². The molecule has 30 heavy (non-hydrogen) atoms. The van der Waals surface area contributed by atoms with Gasteiger partial charge in [0.1, 0.15) is 6.04 Å². The summed E-state index contributed by atoms with van der Waals surface area (Å²) in [4.78, 5) is 17.1. The van der Waals surface area contributed by atoms with Gasteiger partial charge in [0, 0.05) is 38.4 Å². The van der Waals surface area contributed by atoms with Crippen LogP contribution in [-0.4, -0.2) is 43.3 Å². The number of amides is 1. The summed E-state index contributed by atoms with van der Waals surface area (Å²) in [5, 5.41) is 11.6. The highest BCUT2D eigenvalue weighted by Crippen LogP contribution is 2.26. The van der Waals surface area contributed by atoms with Gasteiger partial charge in [0.25, 0.3) is 5.91 Å². The first-order valence-electron chi connectivity index (χ1n) is 10.3. The molecule has 7 heteroatoms. The molecule has 0 saturated carbocycles. The van der Waals surface area contributed by atoms with E-state index in [1.54, 1.807) is 0 Å². The number of rotatable bonds is 6. The first-order valence-corrected chi connectivity index (χ1v) is 10.3. The van der Waals surface area contributed by atoms with E-state index in [9.17, 15) is 4.79 Å². The lowest BCUT2D eigenvalue weighted by molar-refractivity contribution is 0.0938. The van der Waals surface area contributed by atoms with Crippen LogP contribution >= 0.6 is 0 Å². The predicted molar refractivity (Wildman–Crippen MR) is 117 cm³/mol. The number of nitrogens with zero attached hydrogens (tertiary/aromatic N) is 4. The molecule has 1 aliphatic heterocycles. The van der Waals surface area contributed by atoms with Crippen molar-refractivity contribution in [3.63, 3.8) is 0 Å². The second-order valence-electron chi connectivity index (χ2n) is 7.73. The standard InChI is InChI=1S/C23H27N5O2/c1-27(2)19-13-11-18(12-14-19)21(29)24-20(17-9-5-3-6-10-17)22-25-26-23(30-22)28-15-7-4-8-16-28/h3,5-6,9-14,20H,4,7-8,15-16H2,1-2H3,(H,24,29)/t20-/m1/s1. The lowest BCUT2D eigenvalue weighted by Gasteiger charge is -2.24. The maximum atomic E-state index is 13.0. The van der Waals surface area contributed by atoms with Crippen molar-refractivity contribution in [1.82, 2.24) is 15.5 Å². The summed E-state index contributed by atoms with van der Waals surface area (Å²) in [6.07, 6.45) is 3.48. The number of carbonyl (C=O) groups excluding carboxylic acids is 1. The fourth-order valence-electron chi connectivity index (χ4n) is 3.61. The van der Waals surface area contributed by atoms with Gasteiger partial charge in [-0.3, -0.25) is 4.79 Å². The van der Waals surface area contributed by atoms with Gasteiger partial charge in [0.15, 0.2) is 0 Å². The fraction of sp³-hybridized carbons (Fsp3) is 0.348. The fourth-order valence-corrected chi connectivity index (χ4v) is 3.61. The van der Waals surface area contributed by atoms with Gasteiger partial charge in [-0.1, -0.05) is 35.4 Å². The molecule has 7 nitrogen and oxygen atoms in total. The van der Waals surface area contributed by atoms with Crippen molar-refractivity contribution in [2.45, 2.75) is 25.3 Å². The first kappa shape index (κ1) is 19.9. The first-order chi connectivity index (χ1) is 14.6. The van der Waals surface area contributed by atoms with Gasteiger partial charge in [-0.05, 0) is 49.1 Å². The van der Waals surface area contributed by atoms with Gasteiger partial charge in [-0.25, -0.2) is 0 Å². The highest BCUT2D eigenvalue weighted by molar-refractivity contribution is 5.95. The summed E-state index contributed by atoms with van der Waals surface area (Å²) < 4.78 is 6.01. The van der Waals surface area contributed by atoms with E-state index in [1.807, 2.05) is 73.6 Å². The van der Waals surface area contributed by atoms with E-state index >= 15 is 0 Å². The van der Waals surface area contributed by atoms with Crippen LogP contribution in [-0.2, 0) is 0 Å². The van der Waals surface area contributed by atoms with Gasteiger partial charge in [0.05, 0.1) is 0 Å². The van der Waals surface area contributed by atoms with Crippen LogP contribution in [0.25, 0.3) is 0 Å². The zero-order valence-electron chi connectivity index (χ0n) is 17.4. The van der Waals surface area contributed by atoms with Crippen molar-refractivity contribution in [2.75, 3.05) is 37.0 Å². The van der Waals surface area contributed by atoms with Crippen molar-refractivity contribution in [2.24, 2.45) is 0 Å². The van der Waals surface area contributed by atoms with E-state index in [0.717, 1.165) is 37.2 Å². The van der Waals surface area contributed by atoms with Crippen LogP contribution in [0.2, 0.25) is 0 Å². The summed E-state index contributed by atoms with van der Waals surface area (Å²) >= 11 is 0. The minimum absolute atomic E-state index is 0.188. The van der Waals surface area contributed by atoms with Crippen LogP contribution in [0.5, 0.6) is 0 Å². The zero-order chi connectivity index (χ0) is 20.9. The zero-order valence-corrected chi connectivity index (χ0v) is 17.4. The molecule has 4 rings (SSSR count). The molecule has 1 N–H and O–H groups in total. The van der Waals surface area contributed by atoms with E-state index in [4.69, 9.17) is 4.42 Å². The number of benzene rings is 2. The molecule has 1 saturated heterocycles. The summed E-state index contributed by atoms with van der Waals surface area (Å²) in [5.74, 6) is 0.201. The van der Waals surface area contributed by atoms with Crippen LogP contribution in [0.4, 0.5) is 11.7 Å². The smallest absolute Gasteiger partial charge is 0.318 e. The molecule has 3 aromatic rings. The second-order valence-corrected chi connectivity index (χ2v) is 7.73. The molecule has 1 amide bonds. The molecule has 1 aromatic heterocycles. The minimum atomic E-state index is -0.515. The van der Waals surface area contributed by atoms with E-state index in [2.05, 4.69) is 20.4 Å². The predicted octanol–water partition coefficient (Wildman–Crippen LogP) is 3.65. The normalized spacial score (nSPS) is 14.9. The average molecular weight is 406 g/mol. The molecular weight excluding hydrogens is 378 g/mol. The van der Waals surface area contributed by atoms with Crippen molar-refractivity contribution in [3.05, 3.63) is 71.6 Å². The summed E-state index contributed by atoms with van der Waals surface area (Å²) in [6, 6.07) is 17.2. The van der Waals surface area contributed by atoms with E-state index < -0.39 is 6.04 Å². The number of aromatic nitrogens is 2. The Balaban J connectivity index is 1.58. The molecule has 1 fully saturated rings. The lowest BCUT2D eigenvalue weighted by atomic mass is 10.1. The van der Waals surface area contributed by atoms with Crippen LogP contribution in [0.1, 0.15) is 47.1 Å². The Morgan fingerprint density at radius 1 is 1.00 bits per heavy atom. The molecule has 1 aliphatic rings. The maximum Gasteiger partial charge on any atom is 0.318 e. The highest BCUT2D eigenvalue weighted by Gasteiger charge is 2.25. The molecule has 156 valence electrons. The highest BCUT2D eigenvalue weighted by atomic mass is 16.4. The maximum absolute atomic E-state index is 13.0. The molecule has 0 spiro atoms. The van der Waals surface area contributed by atoms with Gasteiger partial charge < -0.3 is 19.5 Å². The SMILES string of the molecule is CN(C)c1ccc(C(=O)N[C@H](c2ccccc2)c2nnc(N3CCCCC3)o2)cc1. The molecule has 0 bridgehead atoms. The van der Waals surface area contributed by atoms with Crippen molar-refractivity contribution >= 4 is 17.6 Å². The van der Waals surface area contributed by atoms with Crippen molar-refractivity contribution in [1.29, 1.82) is 0 Å². The number of nitrogens with one attached hydrogen (secondary N) is 1. The quantitative estimate of drug-likeness (QED) is 0.675. The number of anilines is 2. The molecular formula is C23H27N5O2. The molecule has 0 aliphatic carbocycles.